The number of hydrogen-bond donors (Lipinski definition) is 0. The molecule has 1 heterocycles. The first-order valence-corrected chi connectivity index (χ1v) is 18.4. The van der Waals surface area contributed by atoms with E-state index in [0.29, 0.717) is 12.0 Å². The molecule has 1 aromatic heterocycles. The summed E-state index contributed by atoms with van der Waals surface area (Å²) in [6, 6.07) is 11.8. The fourth-order valence-corrected chi connectivity index (χ4v) is 6.71. The van der Waals surface area contributed by atoms with Gasteiger partial charge in [-0.2, -0.15) is 0 Å². The maximum atomic E-state index is 4.46. The van der Waals surface area contributed by atoms with E-state index < -0.39 is 0 Å². The average molecular weight is 565 g/mol. The van der Waals surface area contributed by atoms with E-state index in [2.05, 4.69) is 66.3 Å². The summed E-state index contributed by atoms with van der Waals surface area (Å²) in [6.45, 7) is 4.61. The first-order chi connectivity index (χ1) is 20.3. The third kappa shape index (κ3) is 18.6. The molecule has 41 heavy (non-hydrogen) atoms. The van der Waals surface area contributed by atoms with Gasteiger partial charge in [-0.25, -0.2) is 4.98 Å². The third-order valence-corrected chi connectivity index (χ3v) is 9.32. The van der Waals surface area contributed by atoms with E-state index in [4.69, 9.17) is 0 Å². The maximum absolute atomic E-state index is 4.46. The SMILES string of the molecule is CCCCCCCCCCCCCCCC(Cc1ccccc1)C(CCCCCCCCCCCC)n1ccnc1. The summed E-state index contributed by atoms with van der Waals surface area (Å²) in [5, 5.41) is 0. The Bertz CT molecular complexity index is 768. The van der Waals surface area contributed by atoms with Crippen LogP contribution in [-0.2, 0) is 6.42 Å². The Morgan fingerprint density at radius 1 is 0.537 bits per heavy atom. The van der Waals surface area contributed by atoms with Gasteiger partial charge in [-0.15, -0.1) is 0 Å². The minimum absolute atomic E-state index is 0.573. The zero-order valence-electron chi connectivity index (χ0n) is 27.6. The summed E-state index contributed by atoms with van der Waals surface area (Å²) in [6.07, 6.45) is 42.8. The van der Waals surface area contributed by atoms with Crippen LogP contribution in [0.2, 0.25) is 0 Å². The molecule has 2 nitrogen and oxygen atoms in total. The van der Waals surface area contributed by atoms with Gasteiger partial charge < -0.3 is 4.57 Å². The summed E-state index contributed by atoms with van der Waals surface area (Å²) in [5.74, 6) is 0.692. The Morgan fingerprint density at radius 2 is 0.976 bits per heavy atom. The standard InChI is InChI=1S/C39H68N2/c1-3-5-7-9-11-13-15-16-17-18-20-22-27-31-38(35-37-29-25-24-26-30-37)39(41-34-33-40-36-41)32-28-23-21-19-14-12-10-8-6-4-2/h24-26,29-30,33-34,36,38-39H,3-23,27-28,31-32,35H2,1-2H3. The highest BCUT2D eigenvalue weighted by Crippen LogP contribution is 2.32. The first-order valence-electron chi connectivity index (χ1n) is 18.4. The number of nitrogens with zero attached hydrogens (tertiary/aromatic N) is 2. The fraction of sp³-hybridized carbons (Fsp3) is 0.769. The minimum Gasteiger partial charge on any atom is -0.334 e. The monoisotopic (exact) mass is 565 g/mol. The lowest BCUT2D eigenvalue weighted by atomic mass is 9.84. The Kier molecular flexibility index (Phi) is 22.7. The predicted octanol–water partition coefficient (Wildman–Crippen LogP) is 13.1. The van der Waals surface area contributed by atoms with Crippen molar-refractivity contribution < 1.29 is 0 Å². The van der Waals surface area contributed by atoms with Crippen LogP contribution >= 0.6 is 0 Å². The number of imidazole rings is 1. The maximum Gasteiger partial charge on any atom is 0.0948 e. The second kappa shape index (κ2) is 26.1. The van der Waals surface area contributed by atoms with Gasteiger partial charge in [0.05, 0.1) is 6.33 Å². The van der Waals surface area contributed by atoms with Gasteiger partial charge in [0, 0.05) is 18.4 Å². The van der Waals surface area contributed by atoms with Crippen LogP contribution in [0.4, 0.5) is 0 Å². The Hall–Kier alpha value is -1.57. The number of benzene rings is 1. The van der Waals surface area contributed by atoms with E-state index in [-0.39, 0.29) is 0 Å². The van der Waals surface area contributed by atoms with Gasteiger partial charge in [-0.3, -0.25) is 0 Å². The molecule has 2 atom stereocenters. The van der Waals surface area contributed by atoms with Crippen LogP contribution in [0.3, 0.4) is 0 Å². The molecule has 0 amide bonds. The fourth-order valence-electron chi connectivity index (χ4n) is 6.71. The minimum atomic E-state index is 0.573. The lowest BCUT2D eigenvalue weighted by molar-refractivity contribution is 0.275. The van der Waals surface area contributed by atoms with Crippen molar-refractivity contribution >= 4 is 0 Å². The van der Waals surface area contributed by atoms with Crippen LogP contribution in [0, 0.1) is 5.92 Å². The van der Waals surface area contributed by atoms with Crippen molar-refractivity contribution in [3.05, 3.63) is 54.6 Å². The molecule has 2 unspecified atom stereocenters. The third-order valence-electron chi connectivity index (χ3n) is 9.32. The van der Waals surface area contributed by atoms with Crippen molar-refractivity contribution in [2.24, 2.45) is 5.92 Å². The van der Waals surface area contributed by atoms with E-state index >= 15 is 0 Å². The van der Waals surface area contributed by atoms with E-state index in [1.165, 1.54) is 173 Å². The van der Waals surface area contributed by atoms with E-state index in [9.17, 15) is 0 Å². The summed E-state index contributed by atoms with van der Waals surface area (Å²) >= 11 is 0. The number of unbranched alkanes of at least 4 members (excludes halogenated alkanes) is 21. The van der Waals surface area contributed by atoms with Gasteiger partial charge in [0.25, 0.3) is 0 Å². The molecule has 2 aromatic rings. The second-order valence-corrected chi connectivity index (χ2v) is 13.0. The molecule has 234 valence electrons. The molecular weight excluding hydrogens is 496 g/mol. The largest absolute Gasteiger partial charge is 0.334 e. The molecule has 0 aliphatic rings. The highest BCUT2D eigenvalue weighted by molar-refractivity contribution is 5.15. The highest BCUT2D eigenvalue weighted by Gasteiger charge is 2.23. The predicted molar refractivity (Wildman–Crippen MR) is 182 cm³/mol. The van der Waals surface area contributed by atoms with Crippen molar-refractivity contribution in [1.29, 1.82) is 0 Å². The quantitative estimate of drug-likeness (QED) is 0.0898. The average Bonchev–Trinajstić information content (AvgIpc) is 3.53. The van der Waals surface area contributed by atoms with Crippen LogP contribution < -0.4 is 0 Å². The van der Waals surface area contributed by atoms with Gasteiger partial charge in [-0.1, -0.05) is 192 Å². The Morgan fingerprint density at radius 3 is 1.41 bits per heavy atom. The van der Waals surface area contributed by atoms with Crippen LogP contribution in [0.5, 0.6) is 0 Å². The lowest BCUT2D eigenvalue weighted by Crippen LogP contribution is -2.21. The molecule has 0 aliphatic carbocycles. The van der Waals surface area contributed by atoms with Crippen LogP contribution in [0.15, 0.2) is 49.1 Å². The second-order valence-electron chi connectivity index (χ2n) is 13.0. The van der Waals surface area contributed by atoms with E-state index in [1.54, 1.807) is 0 Å². The highest BCUT2D eigenvalue weighted by atomic mass is 15.1. The van der Waals surface area contributed by atoms with Crippen molar-refractivity contribution in [3.63, 3.8) is 0 Å². The topological polar surface area (TPSA) is 17.8 Å². The molecule has 0 radical (unpaired) electrons. The summed E-state index contributed by atoms with van der Waals surface area (Å²) < 4.78 is 2.45. The van der Waals surface area contributed by atoms with Crippen molar-refractivity contribution in [2.45, 2.75) is 187 Å². The zero-order chi connectivity index (χ0) is 29.1. The van der Waals surface area contributed by atoms with Gasteiger partial charge in [-0.05, 0) is 30.7 Å². The molecule has 0 fully saturated rings. The molecule has 0 saturated heterocycles. The molecule has 0 spiro atoms. The van der Waals surface area contributed by atoms with Crippen LogP contribution in [0.1, 0.15) is 186 Å². The summed E-state index contributed by atoms with van der Waals surface area (Å²) in [7, 11) is 0. The molecule has 0 N–H and O–H groups in total. The number of rotatable bonds is 29. The molecule has 2 rings (SSSR count). The molecule has 0 saturated carbocycles. The van der Waals surface area contributed by atoms with E-state index in [1.807, 2.05) is 6.20 Å². The Balaban J connectivity index is 1.72. The van der Waals surface area contributed by atoms with Gasteiger partial charge in [0.2, 0.25) is 0 Å². The normalized spacial score (nSPS) is 13.0. The zero-order valence-corrected chi connectivity index (χ0v) is 27.6. The van der Waals surface area contributed by atoms with Crippen LogP contribution in [0.25, 0.3) is 0 Å². The van der Waals surface area contributed by atoms with Crippen molar-refractivity contribution in [3.8, 4) is 0 Å². The first kappa shape index (κ1) is 35.6. The smallest absolute Gasteiger partial charge is 0.0948 e. The van der Waals surface area contributed by atoms with Gasteiger partial charge in [0.1, 0.15) is 0 Å². The van der Waals surface area contributed by atoms with Crippen molar-refractivity contribution in [1.82, 2.24) is 9.55 Å². The molecule has 0 aliphatic heterocycles. The van der Waals surface area contributed by atoms with Crippen LogP contribution in [-0.4, -0.2) is 9.55 Å². The summed E-state index contributed by atoms with van der Waals surface area (Å²) in [5.41, 5.74) is 1.50. The van der Waals surface area contributed by atoms with E-state index in [0.717, 1.165) is 0 Å². The van der Waals surface area contributed by atoms with Gasteiger partial charge >= 0.3 is 0 Å². The molecule has 1 aromatic carbocycles. The number of hydrogen-bond acceptors (Lipinski definition) is 1. The molecule has 0 bridgehead atoms. The molecular formula is C39H68N2. The lowest BCUT2D eigenvalue weighted by Gasteiger charge is -2.29. The van der Waals surface area contributed by atoms with Gasteiger partial charge in [0.15, 0.2) is 0 Å². The molecule has 2 heteroatoms. The Labute approximate surface area is 256 Å². The summed E-state index contributed by atoms with van der Waals surface area (Å²) in [4.78, 5) is 4.46. The number of aromatic nitrogens is 2. The van der Waals surface area contributed by atoms with Crippen molar-refractivity contribution in [2.75, 3.05) is 0 Å².